The number of pyridine rings is 3. The molecular formula is C100H100Cl3N5O19. The summed E-state index contributed by atoms with van der Waals surface area (Å²) in [5.41, 5.74) is 21.0. The lowest BCUT2D eigenvalue weighted by Crippen LogP contribution is -3.00. The van der Waals surface area contributed by atoms with Crippen molar-refractivity contribution in [3.05, 3.63) is 244 Å². The third kappa shape index (κ3) is 17.4. The first-order valence-corrected chi connectivity index (χ1v) is 41.1. The van der Waals surface area contributed by atoms with Crippen LogP contribution >= 0.6 is 0 Å². The Kier molecular flexibility index (Phi) is 29.1. The van der Waals surface area contributed by atoms with Gasteiger partial charge in [0.2, 0.25) is 49.9 Å². The Balaban J connectivity index is 0.000000141. The Labute approximate surface area is 755 Å². The minimum atomic E-state index is 0. The summed E-state index contributed by atoms with van der Waals surface area (Å²) in [6.07, 6.45) is 10.2. The van der Waals surface area contributed by atoms with Crippen LogP contribution < -0.4 is 127 Å². The van der Waals surface area contributed by atoms with Gasteiger partial charge in [-0.3, -0.25) is 9.69 Å². The van der Waals surface area contributed by atoms with Gasteiger partial charge in [0.15, 0.2) is 124 Å². The molecule has 0 aliphatic carbocycles. The van der Waals surface area contributed by atoms with Gasteiger partial charge in [-0.25, -0.2) is 0 Å². The molecule has 24 nitrogen and oxygen atoms in total. The zero-order valence-corrected chi connectivity index (χ0v) is 74.8. The maximum Gasteiger partial charge on any atom is 0.231 e. The SMILES string of the molecule is CC#N.CO.COc1ccc2c(Cc3ccccc3)c3[n+](cc2c1OC)CCc1cc2c(cc1-3)OCO2.COc1ccc2c(c1OC)CN1CCc3cc4c(cc3C1C2Cc1ccccc1)OCO4.COc1ccc2cc3[n+](c(CC(C)=O)c2c1OC)CCc1cc2c(cc1-3)OCO2.COc1ccc2cc3[n+](cc2c1OC)CCc1cc2c(cc1-3)OCO2.O.[Cl-].[Cl-].[Cl-]. The summed E-state index contributed by atoms with van der Waals surface area (Å²) >= 11 is 0. The lowest BCUT2D eigenvalue weighted by atomic mass is 9.73. The van der Waals surface area contributed by atoms with Crippen molar-refractivity contribution in [2.45, 2.75) is 96.9 Å². The summed E-state index contributed by atoms with van der Waals surface area (Å²) < 4.78 is 97.0. The topological polar surface area (TPSA) is 255 Å². The number of aliphatic hydroxyl groups is 1. The van der Waals surface area contributed by atoms with Gasteiger partial charge in [0, 0.05) is 93.4 Å². The second-order valence-electron chi connectivity index (χ2n) is 30.8. The monoisotopic (exact) mass is 1780 g/mol. The third-order valence-corrected chi connectivity index (χ3v) is 24.3. The first-order valence-electron chi connectivity index (χ1n) is 41.1. The second-order valence-corrected chi connectivity index (χ2v) is 30.8. The van der Waals surface area contributed by atoms with Crippen LogP contribution in [0.15, 0.2) is 182 Å². The number of hydrogen-bond acceptors (Lipinski definition) is 20. The number of ether oxygens (including phenoxy) is 16. The number of fused-ring (bicyclic) bond motifs is 20. The van der Waals surface area contributed by atoms with Crippen molar-refractivity contribution in [1.82, 2.24) is 4.90 Å². The summed E-state index contributed by atoms with van der Waals surface area (Å²) in [6.45, 7) is 8.62. The Hall–Kier alpha value is -12.9. The number of carbonyl (C=O) groups excluding carboxylic acids is 1. The molecule has 9 aliphatic rings. The van der Waals surface area contributed by atoms with Gasteiger partial charge in [0.05, 0.1) is 102 Å². The Bertz CT molecular complexity index is 6320. The van der Waals surface area contributed by atoms with Gasteiger partial charge in [-0.05, 0) is 166 Å². The van der Waals surface area contributed by atoms with Gasteiger partial charge in [-0.15, -0.1) is 0 Å². The van der Waals surface area contributed by atoms with Crippen LogP contribution in [-0.4, -0.2) is 119 Å². The molecule has 0 radical (unpaired) electrons. The van der Waals surface area contributed by atoms with Gasteiger partial charge < -0.3 is 124 Å². The number of hydrogen-bond donors (Lipinski definition) is 1. The normalized spacial score (nSPS) is 14.7. The van der Waals surface area contributed by atoms with Crippen molar-refractivity contribution >= 4 is 38.1 Å². The number of rotatable bonds is 14. The van der Waals surface area contributed by atoms with E-state index in [1.165, 1.54) is 90.5 Å². The van der Waals surface area contributed by atoms with Crippen molar-refractivity contribution in [2.75, 3.05) is 97.7 Å². The maximum absolute atomic E-state index is 12.2. The molecule has 660 valence electrons. The zero-order chi connectivity index (χ0) is 85.1. The highest BCUT2D eigenvalue weighted by atomic mass is 35.5. The van der Waals surface area contributed by atoms with Gasteiger partial charge in [-0.1, -0.05) is 66.7 Å². The van der Waals surface area contributed by atoms with Crippen LogP contribution in [0.1, 0.15) is 87.1 Å². The van der Waals surface area contributed by atoms with E-state index < -0.39 is 0 Å². The van der Waals surface area contributed by atoms with E-state index in [-0.39, 0.29) is 68.1 Å². The van der Waals surface area contributed by atoms with Crippen molar-refractivity contribution in [3.63, 3.8) is 0 Å². The van der Waals surface area contributed by atoms with E-state index >= 15 is 0 Å². The number of Topliss-reactive ketones (excluding diaryl/α,β-unsaturated/α-hetero) is 1. The van der Waals surface area contributed by atoms with Crippen LogP contribution in [0.4, 0.5) is 0 Å². The van der Waals surface area contributed by atoms with E-state index in [0.717, 1.165) is 203 Å². The smallest absolute Gasteiger partial charge is 0.231 e. The average molecular weight is 1780 g/mol. The first-order chi connectivity index (χ1) is 60.3. The molecule has 27 heteroatoms. The molecule has 10 aromatic carbocycles. The number of aliphatic hydroxyl groups excluding tert-OH is 1. The highest BCUT2D eigenvalue weighted by Crippen LogP contribution is 2.54. The van der Waals surface area contributed by atoms with Crippen LogP contribution in [0.2, 0.25) is 0 Å². The van der Waals surface area contributed by atoms with E-state index in [9.17, 15) is 4.79 Å². The summed E-state index contributed by atoms with van der Waals surface area (Å²) in [5.74, 6) is 13.0. The predicted octanol–water partition coefficient (Wildman–Crippen LogP) is 6.21. The number of methoxy groups -OCH3 is 8. The van der Waals surface area contributed by atoms with Crippen molar-refractivity contribution in [1.29, 1.82) is 5.26 Å². The first kappa shape index (κ1) is 91.8. The highest BCUT2D eigenvalue weighted by molar-refractivity contribution is 5.98. The molecule has 127 heavy (non-hydrogen) atoms. The fourth-order valence-electron chi connectivity index (χ4n) is 18.9. The number of nitriles is 1. The predicted molar refractivity (Wildman–Crippen MR) is 466 cm³/mol. The minimum Gasteiger partial charge on any atom is -1.00 e. The fraction of sp³-hybridized carbons (Fsp3) is 0.290. The molecule has 13 aromatic rings. The summed E-state index contributed by atoms with van der Waals surface area (Å²) in [5, 5.41) is 20.7. The Morgan fingerprint density at radius 2 is 0.913 bits per heavy atom. The van der Waals surface area contributed by atoms with E-state index in [1.54, 1.807) is 69.9 Å². The molecule has 9 aliphatic heterocycles. The third-order valence-electron chi connectivity index (χ3n) is 24.3. The molecule has 0 amide bonds. The quantitative estimate of drug-likeness (QED) is 0.119. The van der Waals surface area contributed by atoms with Crippen molar-refractivity contribution < 1.29 is 142 Å². The summed E-state index contributed by atoms with van der Waals surface area (Å²) in [4.78, 5) is 14.8. The number of aromatic nitrogens is 3. The molecule has 3 N–H and O–H groups in total. The standard InChI is InChI=1S/C27H27NO4.C27H24NO4.C23H22NO5.C20H18NO4.C2H3N.CH4O.3ClH.H2O/c2*1-29-23-9-8-19-21(12-17-6-4-3-5-7-17)26-20-14-25-24(31-16-32-25)13-18(20)10-11-28(26)15-22(19)27(23)30-2;1-13(25)8-18-22-15(4-5-19(26-2)23(22)27-3)9-17-16-11-21-20(28-12-29-21)10-14(16)6-7-24(17)18;1-22-17-4-3-12-7-16-14-9-19-18(24-11-25-19)8-13(14)5-6-21(16)10-15(12)20(17)23-2;1-2-3;1-2;;;;/h3-9,13-14,21,26H,10-12,15-16H2,1-2H3;3-9,13-15H,10-12,16H2,1-2H3;4-5,9-11H,6-8,12H2,1-3H3;3-4,7-10H,5-6,11H2,1-2H3;1H3;2H,1H3;3*1H;1H2/q;3*+1;;;;;;/p-3. The summed E-state index contributed by atoms with van der Waals surface area (Å²) in [7, 11) is 14.4. The number of aryl methyl sites for hydroxylation is 5. The highest BCUT2D eigenvalue weighted by Gasteiger charge is 2.43. The largest absolute Gasteiger partial charge is 1.00 e. The van der Waals surface area contributed by atoms with Crippen LogP contribution in [0, 0.1) is 11.3 Å². The van der Waals surface area contributed by atoms with E-state index in [2.05, 4.69) is 171 Å². The van der Waals surface area contributed by atoms with Crippen LogP contribution in [0.5, 0.6) is 92.0 Å². The molecule has 2 atom stereocenters. The van der Waals surface area contributed by atoms with E-state index in [0.29, 0.717) is 37.4 Å². The molecule has 0 saturated heterocycles. The van der Waals surface area contributed by atoms with Gasteiger partial charge in [-0.2, -0.15) is 19.0 Å². The maximum atomic E-state index is 12.2. The van der Waals surface area contributed by atoms with Crippen LogP contribution in [0.25, 0.3) is 66.1 Å². The van der Waals surface area contributed by atoms with Gasteiger partial charge in [0.1, 0.15) is 5.78 Å². The van der Waals surface area contributed by atoms with Crippen molar-refractivity contribution in [2.24, 2.45) is 0 Å². The molecule has 2 unspecified atom stereocenters. The molecule has 0 spiro atoms. The molecule has 3 aromatic heterocycles. The minimum absolute atomic E-state index is 0. The number of benzene rings is 10. The van der Waals surface area contributed by atoms with Crippen LogP contribution in [0.3, 0.4) is 0 Å². The molecule has 0 saturated carbocycles. The Morgan fingerprint density at radius 1 is 0.465 bits per heavy atom. The lowest BCUT2D eigenvalue weighted by molar-refractivity contribution is -0.692. The number of carbonyl (C=O) groups is 1. The average Bonchev–Trinajstić information content (AvgIpc) is 1.61. The van der Waals surface area contributed by atoms with E-state index in [4.69, 9.17) is 86.2 Å². The van der Waals surface area contributed by atoms with Crippen LogP contribution in [-0.2, 0) is 75.9 Å². The Morgan fingerprint density at radius 3 is 1.47 bits per heavy atom. The molecule has 22 rings (SSSR count). The molecule has 0 fully saturated rings. The van der Waals surface area contributed by atoms with Crippen molar-refractivity contribution in [3.8, 4) is 132 Å². The second kappa shape index (κ2) is 40.2. The van der Waals surface area contributed by atoms with Gasteiger partial charge in [0.25, 0.3) is 0 Å². The molecular weight excluding hydrogens is 1680 g/mol. The van der Waals surface area contributed by atoms with E-state index in [1.807, 2.05) is 30.3 Å². The zero-order valence-electron chi connectivity index (χ0n) is 72.5. The fourth-order valence-corrected chi connectivity index (χ4v) is 18.9. The molecule has 0 bridgehead atoms. The van der Waals surface area contributed by atoms with Gasteiger partial charge >= 0.3 is 0 Å². The summed E-state index contributed by atoms with van der Waals surface area (Å²) in [6, 6.07) is 61.2. The number of nitrogens with zero attached hydrogens (tertiary/aromatic N) is 5. The molecule has 12 heterocycles. The lowest BCUT2D eigenvalue weighted by Gasteiger charge is -2.46. The number of halogens is 3. The number of ketones is 1.